The predicted octanol–water partition coefficient (Wildman–Crippen LogP) is 5.02. The average molecular weight is 362 g/mol. The van der Waals surface area contributed by atoms with Gasteiger partial charge in [-0.05, 0) is 35.4 Å². The van der Waals surface area contributed by atoms with Crippen molar-refractivity contribution in [3.8, 4) is 0 Å². The van der Waals surface area contributed by atoms with Gasteiger partial charge >= 0.3 is 0 Å². The number of hydrogen-bond donors (Lipinski definition) is 0. The van der Waals surface area contributed by atoms with Crippen molar-refractivity contribution < 1.29 is 8.42 Å². The lowest BCUT2D eigenvalue weighted by atomic mass is 10.00. The topological polar surface area (TPSA) is 34.1 Å². The highest BCUT2D eigenvalue weighted by Gasteiger charge is 2.15. The first-order valence-corrected chi connectivity index (χ1v) is 8.97. The molecule has 0 bridgehead atoms. The molecular formula is C15H11Cl3O2S. The maximum atomic E-state index is 11.7. The lowest BCUT2D eigenvalue weighted by molar-refractivity contribution is 0.602. The minimum Gasteiger partial charge on any atom is -0.224 e. The van der Waals surface area contributed by atoms with Crippen LogP contribution in [-0.4, -0.2) is 14.7 Å². The maximum absolute atomic E-state index is 11.7. The molecule has 2 rings (SSSR count). The van der Waals surface area contributed by atoms with Crippen LogP contribution in [0, 0.1) is 0 Å². The van der Waals surface area contributed by atoms with Crippen molar-refractivity contribution in [3.63, 3.8) is 0 Å². The first-order chi connectivity index (χ1) is 9.82. The van der Waals surface area contributed by atoms with Gasteiger partial charge in [0, 0.05) is 22.4 Å². The molecule has 0 aliphatic heterocycles. The second kappa shape index (κ2) is 6.41. The highest BCUT2D eigenvalue weighted by Crippen LogP contribution is 2.30. The number of hydrogen-bond acceptors (Lipinski definition) is 2. The third-order valence-electron chi connectivity index (χ3n) is 2.91. The largest absolute Gasteiger partial charge is 0.224 e. The molecule has 0 saturated heterocycles. The van der Waals surface area contributed by atoms with E-state index in [1.807, 2.05) is 12.1 Å². The average Bonchev–Trinajstić information content (AvgIpc) is 2.42. The molecule has 110 valence electrons. The zero-order valence-electron chi connectivity index (χ0n) is 11.0. The summed E-state index contributed by atoms with van der Waals surface area (Å²) in [5, 5.41) is 0.798. The highest BCUT2D eigenvalue weighted by atomic mass is 35.5. The number of halogens is 3. The van der Waals surface area contributed by atoms with Crippen molar-refractivity contribution >= 4 is 50.2 Å². The second-order valence-electron chi connectivity index (χ2n) is 4.45. The summed E-state index contributed by atoms with van der Waals surface area (Å²) in [5.41, 5.74) is 3.58. The van der Waals surface area contributed by atoms with E-state index in [0.29, 0.717) is 16.2 Å². The van der Waals surface area contributed by atoms with E-state index in [1.165, 1.54) is 11.6 Å². The van der Waals surface area contributed by atoms with Crippen LogP contribution in [0.1, 0.15) is 11.1 Å². The van der Waals surface area contributed by atoms with Crippen LogP contribution in [0.25, 0.3) is 5.57 Å². The minimum absolute atomic E-state index is 0.0756. The molecule has 0 amide bonds. The third-order valence-corrected chi connectivity index (χ3v) is 4.95. The molecule has 0 radical (unpaired) electrons. The smallest absolute Gasteiger partial charge is 0.177 e. The summed E-state index contributed by atoms with van der Waals surface area (Å²) in [6, 6.07) is 11.9. The lowest BCUT2D eigenvalue weighted by Gasteiger charge is -2.10. The van der Waals surface area contributed by atoms with Crippen molar-refractivity contribution in [1.29, 1.82) is 0 Å². The highest BCUT2D eigenvalue weighted by molar-refractivity contribution is 7.90. The van der Waals surface area contributed by atoms with Crippen molar-refractivity contribution in [2.75, 3.05) is 6.26 Å². The Morgan fingerprint density at radius 1 is 1.00 bits per heavy atom. The van der Waals surface area contributed by atoms with E-state index in [9.17, 15) is 8.42 Å². The van der Waals surface area contributed by atoms with E-state index in [4.69, 9.17) is 34.8 Å². The summed E-state index contributed by atoms with van der Waals surface area (Å²) in [7, 11) is -3.41. The van der Waals surface area contributed by atoms with Crippen LogP contribution in [0.2, 0.25) is 10.0 Å². The fourth-order valence-corrected chi connectivity index (χ4v) is 3.56. The van der Waals surface area contributed by atoms with Crippen molar-refractivity contribution in [2.45, 2.75) is 4.90 Å². The van der Waals surface area contributed by atoms with Crippen LogP contribution >= 0.6 is 34.8 Å². The van der Waals surface area contributed by atoms with Gasteiger partial charge in [-0.2, -0.15) is 0 Å². The van der Waals surface area contributed by atoms with Crippen LogP contribution in [0.5, 0.6) is 0 Å². The van der Waals surface area contributed by atoms with Gasteiger partial charge in [-0.25, -0.2) is 8.42 Å². The van der Waals surface area contributed by atoms with Crippen molar-refractivity contribution in [2.24, 2.45) is 0 Å². The Bertz CT molecular complexity index is 794. The zero-order valence-corrected chi connectivity index (χ0v) is 14.1. The second-order valence-corrected chi connectivity index (χ2v) is 7.49. The van der Waals surface area contributed by atoms with Gasteiger partial charge in [0.25, 0.3) is 0 Å². The van der Waals surface area contributed by atoms with Crippen molar-refractivity contribution in [1.82, 2.24) is 0 Å². The quantitative estimate of drug-likeness (QED) is 0.769. The molecule has 2 aromatic carbocycles. The fraction of sp³-hybridized carbons (Fsp3) is 0.0667. The number of benzene rings is 2. The maximum Gasteiger partial charge on any atom is 0.177 e. The van der Waals surface area contributed by atoms with Crippen LogP contribution in [0.3, 0.4) is 0 Å². The van der Waals surface area contributed by atoms with Gasteiger partial charge < -0.3 is 0 Å². The molecular weight excluding hydrogens is 351 g/mol. The van der Waals surface area contributed by atoms with E-state index in [1.54, 1.807) is 24.3 Å². The molecule has 0 N–H and O–H groups in total. The molecule has 0 saturated carbocycles. The lowest BCUT2D eigenvalue weighted by Crippen LogP contribution is -1.99. The third kappa shape index (κ3) is 3.80. The van der Waals surface area contributed by atoms with E-state index >= 15 is 0 Å². The molecule has 0 heterocycles. The Morgan fingerprint density at radius 3 is 2.10 bits per heavy atom. The Kier molecular flexibility index (Phi) is 4.99. The zero-order chi connectivity index (χ0) is 15.6. The molecule has 21 heavy (non-hydrogen) atoms. The molecule has 0 atom stereocenters. The van der Waals surface area contributed by atoms with Gasteiger partial charge in [0.1, 0.15) is 0 Å². The Balaban J connectivity index is 2.57. The normalized spacial score (nSPS) is 12.5. The molecule has 0 spiro atoms. The van der Waals surface area contributed by atoms with Crippen LogP contribution in [-0.2, 0) is 9.84 Å². The summed E-state index contributed by atoms with van der Waals surface area (Å²) in [4.78, 5) is 0.0756. The summed E-state index contributed by atoms with van der Waals surface area (Å²) < 4.78 is 23.5. The molecule has 0 aliphatic carbocycles. The Morgan fingerprint density at radius 2 is 1.57 bits per heavy atom. The molecule has 2 nitrogen and oxygen atoms in total. The molecule has 0 aliphatic rings. The van der Waals surface area contributed by atoms with Crippen LogP contribution in [0.15, 0.2) is 52.9 Å². The Hall–Kier alpha value is -1.00. The monoisotopic (exact) mass is 360 g/mol. The predicted molar refractivity (Wildman–Crippen MR) is 88.9 cm³/mol. The number of sulfone groups is 1. The molecule has 0 unspecified atom stereocenters. The van der Waals surface area contributed by atoms with Gasteiger partial charge in [0.2, 0.25) is 0 Å². The molecule has 6 heteroatoms. The van der Waals surface area contributed by atoms with E-state index in [2.05, 4.69) is 0 Å². The van der Waals surface area contributed by atoms with E-state index < -0.39 is 9.84 Å². The van der Waals surface area contributed by atoms with E-state index in [-0.39, 0.29) is 9.92 Å². The Labute approximate surface area is 138 Å². The van der Waals surface area contributed by atoms with Gasteiger partial charge in [-0.15, -0.1) is 0 Å². The standard InChI is InChI=1S/C15H11Cl3O2S/c1-21(19,20)15-8-11(4-7-14(15)18)13(9-16)10-2-5-12(17)6-3-10/h2-9H,1H3/b13-9+. The van der Waals surface area contributed by atoms with Crippen LogP contribution in [0.4, 0.5) is 0 Å². The molecule has 2 aromatic rings. The SMILES string of the molecule is CS(=O)(=O)c1cc(/C(=C/Cl)c2ccc(Cl)cc2)ccc1Cl. The van der Waals surface area contributed by atoms with Gasteiger partial charge in [-0.3, -0.25) is 0 Å². The summed E-state index contributed by atoms with van der Waals surface area (Å²) in [6.45, 7) is 0. The van der Waals surface area contributed by atoms with E-state index in [0.717, 1.165) is 11.8 Å². The first-order valence-electron chi connectivity index (χ1n) is 5.89. The molecule has 0 aromatic heterocycles. The summed E-state index contributed by atoms with van der Waals surface area (Å²) >= 11 is 17.7. The van der Waals surface area contributed by atoms with Gasteiger partial charge in [-0.1, -0.05) is 53.0 Å². The first kappa shape index (κ1) is 16.4. The minimum atomic E-state index is -3.41. The molecule has 0 fully saturated rings. The van der Waals surface area contributed by atoms with Gasteiger partial charge in [0.15, 0.2) is 9.84 Å². The summed E-state index contributed by atoms with van der Waals surface area (Å²) in [5.74, 6) is 0. The number of rotatable bonds is 3. The van der Waals surface area contributed by atoms with Crippen molar-refractivity contribution in [3.05, 3.63) is 69.2 Å². The summed E-state index contributed by atoms with van der Waals surface area (Å²) in [6.07, 6.45) is 1.12. The van der Waals surface area contributed by atoms with Gasteiger partial charge in [0.05, 0.1) is 9.92 Å². The fourth-order valence-electron chi connectivity index (χ4n) is 1.88. The van der Waals surface area contributed by atoms with Crippen LogP contribution < -0.4 is 0 Å².